The van der Waals surface area contributed by atoms with Gasteiger partial charge in [-0.3, -0.25) is 4.79 Å². The van der Waals surface area contributed by atoms with Crippen molar-refractivity contribution < 1.29 is 4.79 Å². The van der Waals surface area contributed by atoms with Gasteiger partial charge in [0.05, 0.1) is 22.0 Å². The smallest absolute Gasteiger partial charge is 0.264 e. The SMILES string of the molecule is Cc1nn(-c2ccccc2)c2c1-c1sc(C(=O)N3CCc4ccccc4C3)cc1CC2. The molecule has 6 rings (SSSR count). The van der Waals surface area contributed by atoms with Crippen molar-refractivity contribution in [2.24, 2.45) is 0 Å². The summed E-state index contributed by atoms with van der Waals surface area (Å²) in [5.74, 6) is 0.156. The van der Waals surface area contributed by atoms with Gasteiger partial charge in [-0.25, -0.2) is 4.68 Å². The summed E-state index contributed by atoms with van der Waals surface area (Å²) >= 11 is 1.64. The fraction of sp³-hybridized carbons (Fsp3) is 0.231. The van der Waals surface area contributed by atoms with Gasteiger partial charge >= 0.3 is 0 Å². The minimum atomic E-state index is 0.156. The van der Waals surface area contributed by atoms with Crippen molar-refractivity contribution >= 4 is 17.2 Å². The van der Waals surface area contributed by atoms with Gasteiger partial charge in [-0.1, -0.05) is 42.5 Å². The van der Waals surface area contributed by atoms with Crippen LogP contribution in [0.1, 0.15) is 37.7 Å². The minimum Gasteiger partial charge on any atom is -0.333 e. The molecule has 2 aliphatic rings. The number of carbonyl (C=O) groups is 1. The van der Waals surface area contributed by atoms with Crippen LogP contribution in [0.2, 0.25) is 0 Å². The van der Waals surface area contributed by atoms with Gasteiger partial charge in [0.2, 0.25) is 0 Å². The molecule has 0 radical (unpaired) electrons. The second-order valence-corrected chi connectivity index (χ2v) is 9.42. The first-order chi connectivity index (χ1) is 15.2. The molecular weight excluding hydrogens is 402 g/mol. The molecular formula is C26H23N3OS. The van der Waals surface area contributed by atoms with Gasteiger partial charge in [-0.05, 0) is 61.1 Å². The Morgan fingerprint density at radius 2 is 1.71 bits per heavy atom. The average molecular weight is 426 g/mol. The van der Waals surface area contributed by atoms with Crippen molar-refractivity contribution in [3.05, 3.63) is 93.6 Å². The number of aromatic nitrogens is 2. The molecule has 1 aliphatic heterocycles. The summed E-state index contributed by atoms with van der Waals surface area (Å²) in [6.07, 6.45) is 2.83. The minimum absolute atomic E-state index is 0.156. The summed E-state index contributed by atoms with van der Waals surface area (Å²) in [5.41, 5.74) is 8.52. The molecule has 1 amide bonds. The number of nitrogens with zero attached hydrogens (tertiary/aromatic N) is 3. The van der Waals surface area contributed by atoms with Gasteiger partial charge in [0.15, 0.2) is 0 Å². The number of benzene rings is 2. The maximum absolute atomic E-state index is 13.4. The number of para-hydroxylation sites is 1. The molecule has 0 fully saturated rings. The zero-order chi connectivity index (χ0) is 20.9. The lowest BCUT2D eigenvalue weighted by atomic mass is 9.95. The Bertz CT molecular complexity index is 1300. The lowest BCUT2D eigenvalue weighted by molar-refractivity contribution is 0.0739. The highest BCUT2D eigenvalue weighted by atomic mass is 32.1. The molecule has 154 valence electrons. The van der Waals surface area contributed by atoms with Crippen molar-refractivity contribution in [2.45, 2.75) is 32.7 Å². The normalized spacial score (nSPS) is 14.7. The predicted molar refractivity (Wildman–Crippen MR) is 124 cm³/mol. The highest BCUT2D eigenvalue weighted by molar-refractivity contribution is 7.17. The molecule has 31 heavy (non-hydrogen) atoms. The molecule has 0 N–H and O–H groups in total. The maximum Gasteiger partial charge on any atom is 0.264 e. The summed E-state index contributed by atoms with van der Waals surface area (Å²) in [5, 5.41) is 4.86. The van der Waals surface area contributed by atoms with Crippen LogP contribution in [0.5, 0.6) is 0 Å². The number of aryl methyl sites for hydroxylation is 2. The van der Waals surface area contributed by atoms with E-state index in [4.69, 9.17) is 5.10 Å². The zero-order valence-electron chi connectivity index (χ0n) is 17.5. The van der Waals surface area contributed by atoms with E-state index in [1.54, 1.807) is 11.3 Å². The van der Waals surface area contributed by atoms with Gasteiger partial charge in [0.25, 0.3) is 5.91 Å². The fourth-order valence-electron chi connectivity index (χ4n) is 4.89. The first kappa shape index (κ1) is 18.6. The molecule has 1 aliphatic carbocycles. The third kappa shape index (κ3) is 3.03. The standard InChI is InChI=1S/C26H23N3OS/c1-17-24-22(29(27-17)21-9-3-2-4-10-21)12-11-19-15-23(31-25(19)24)26(30)28-14-13-18-7-5-6-8-20(18)16-28/h2-10,15H,11-14,16H2,1H3. The van der Waals surface area contributed by atoms with Crippen LogP contribution in [-0.4, -0.2) is 27.1 Å². The molecule has 2 aromatic heterocycles. The summed E-state index contributed by atoms with van der Waals surface area (Å²) in [6.45, 7) is 3.57. The maximum atomic E-state index is 13.4. The number of hydrogen-bond acceptors (Lipinski definition) is 3. The Morgan fingerprint density at radius 1 is 0.935 bits per heavy atom. The number of amides is 1. The predicted octanol–water partition coefficient (Wildman–Crippen LogP) is 5.21. The summed E-state index contributed by atoms with van der Waals surface area (Å²) < 4.78 is 2.08. The van der Waals surface area contributed by atoms with Crippen LogP contribution in [0.3, 0.4) is 0 Å². The third-order valence-corrected chi connectivity index (χ3v) is 7.64. The van der Waals surface area contributed by atoms with Gasteiger partial charge in [0.1, 0.15) is 0 Å². The Kier molecular flexibility index (Phi) is 4.32. The largest absolute Gasteiger partial charge is 0.333 e. The second-order valence-electron chi connectivity index (χ2n) is 8.36. The molecule has 0 unspecified atom stereocenters. The second kappa shape index (κ2) is 7.20. The molecule has 0 bridgehead atoms. The van der Waals surface area contributed by atoms with Gasteiger partial charge in [-0.2, -0.15) is 5.10 Å². The van der Waals surface area contributed by atoms with E-state index in [-0.39, 0.29) is 5.91 Å². The van der Waals surface area contributed by atoms with Crippen LogP contribution in [0.25, 0.3) is 16.1 Å². The fourth-order valence-corrected chi connectivity index (χ4v) is 6.19. The highest BCUT2D eigenvalue weighted by Crippen LogP contribution is 2.42. The molecule has 2 aromatic carbocycles. The Balaban J connectivity index is 1.35. The summed E-state index contributed by atoms with van der Waals surface area (Å²) in [7, 11) is 0. The lowest BCUT2D eigenvalue weighted by Crippen LogP contribution is -2.35. The average Bonchev–Trinajstić information content (AvgIpc) is 3.40. The third-order valence-electron chi connectivity index (χ3n) is 6.45. The summed E-state index contributed by atoms with van der Waals surface area (Å²) in [4.78, 5) is 17.4. The number of hydrogen-bond donors (Lipinski definition) is 0. The lowest BCUT2D eigenvalue weighted by Gasteiger charge is -2.28. The Labute approximate surface area is 185 Å². The number of thiophene rings is 1. The summed E-state index contributed by atoms with van der Waals surface area (Å²) in [6, 6.07) is 20.9. The van der Waals surface area contributed by atoms with Crippen molar-refractivity contribution in [1.82, 2.24) is 14.7 Å². The van der Waals surface area contributed by atoms with Crippen molar-refractivity contribution in [3.8, 4) is 16.1 Å². The van der Waals surface area contributed by atoms with E-state index >= 15 is 0 Å². The topological polar surface area (TPSA) is 38.1 Å². The van der Waals surface area contributed by atoms with E-state index in [1.807, 2.05) is 23.1 Å². The van der Waals surface area contributed by atoms with E-state index in [2.05, 4.69) is 54.1 Å². The van der Waals surface area contributed by atoms with E-state index < -0.39 is 0 Å². The first-order valence-corrected chi connectivity index (χ1v) is 11.6. The molecule has 0 saturated heterocycles. The highest BCUT2D eigenvalue weighted by Gasteiger charge is 2.29. The molecule has 4 nitrogen and oxygen atoms in total. The van der Waals surface area contributed by atoms with Crippen LogP contribution in [0, 0.1) is 6.92 Å². The van der Waals surface area contributed by atoms with E-state index in [0.717, 1.165) is 42.1 Å². The molecule has 3 heterocycles. The number of carbonyl (C=O) groups excluding carboxylic acids is 1. The van der Waals surface area contributed by atoms with Crippen LogP contribution >= 0.6 is 11.3 Å². The van der Waals surface area contributed by atoms with Crippen LogP contribution in [0.4, 0.5) is 0 Å². The van der Waals surface area contributed by atoms with Gasteiger partial charge in [-0.15, -0.1) is 11.3 Å². The van der Waals surface area contributed by atoms with Crippen molar-refractivity contribution in [2.75, 3.05) is 6.54 Å². The van der Waals surface area contributed by atoms with Crippen LogP contribution < -0.4 is 0 Å². The first-order valence-electron chi connectivity index (χ1n) is 10.8. The van der Waals surface area contributed by atoms with Gasteiger partial charge < -0.3 is 4.90 Å². The van der Waals surface area contributed by atoms with E-state index in [9.17, 15) is 4.79 Å². The molecule has 0 atom stereocenters. The van der Waals surface area contributed by atoms with Gasteiger partial charge in [0, 0.05) is 23.5 Å². The Morgan fingerprint density at radius 3 is 2.55 bits per heavy atom. The monoisotopic (exact) mass is 425 g/mol. The zero-order valence-corrected chi connectivity index (χ0v) is 18.3. The van der Waals surface area contributed by atoms with E-state index in [0.29, 0.717) is 6.54 Å². The molecule has 0 saturated carbocycles. The van der Waals surface area contributed by atoms with Crippen LogP contribution in [-0.2, 0) is 25.8 Å². The Hall–Kier alpha value is -3.18. The van der Waals surface area contributed by atoms with Crippen LogP contribution in [0.15, 0.2) is 60.7 Å². The van der Waals surface area contributed by atoms with Crippen molar-refractivity contribution in [3.63, 3.8) is 0 Å². The quantitative estimate of drug-likeness (QED) is 0.442. The van der Waals surface area contributed by atoms with E-state index in [1.165, 1.54) is 32.8 Å². The molecule has 4 aromatic rings. The molecule has 0 spiro atoms. The number of fused-ring (bicyclic) bond motifs is 4. The number of rotatable bonds is 2. The van der Waals surface area contributed by atoms with Crippen molar-refractivity contribution in [1.29, 1.82) is 0 Å². The molecule has 5 heteroatoms.